The molecule has 0 heterocycles. The fourth-order valence-corrected chi connectivity index (χ4v) is 2.90. The van der Waals surface area contributed by atoms with E-state index < -0.39 is 77.6 Å². The van der Waals surface area contributed by atoms with E-state index in [1.807, 2.05) is 0 Å². The Kier molecular flexibility index (Phi) is 4.98. The van der Waals surface area contributed by atoms with Gasteiger partial charge in [0, 0.05) is 0 Å². The molecule has 0 amide bonds. The maximum Gasteiger partial charge on any atom is 0.300 e. The third kappa shape index (κ3) is 2.80. The zero-order chi connectivity index (χ0) is 18.4. The average molecular weight is 396 g/mol. The van der Waals surface area contributed by atoms with Crippen LogP contribution in [0.2, 0.25) is 0 Å². The van der Waals surface area contributed by atoms with Crippen LogP contribution in [0.25, 0.3) is 10.8 Å². The fourth-order valence-electron chi connectivity index (χ4n) is 1.82. The van der Waals surface area contributed by atoms with Crippen molar-refractivity contribution in [2.45, 2.75) is 9.79 Å². The zero-order valence-corrected chi connectivity index (χ0v) is 12.2. The zero-order valence-electron chi connectivity index (χ0n) is 10.6. The van der Waals surface area contributed by atoms with E-state index in [-0.39, 0.29) is 0 Å². The molecule has 0 radical (unpaired) electrons. The van der Waals surface area contributed by atoms with E-state index in [9.17, 15) is 34.8 Å². The molecule has 2 rings (SSSR count). The summed E-state index contributed by atoms with van der Waals surface area (Å²) in [6.45, 7) is 0. The van der Waals surface area contributed by atoms with Crippen LogP contribution in [-0.2, 0) is 19.5 Å². The maximum absolute atomic E-state index is 14.1. The standard InChI is InChI=1S/C10H2F6O6S2/c11-3-2-1(5(13)9(7(3)15)23-22-21-17)4(12)8(16)10(6(2)14)24(18,19)20/h17H,(H,18,19,20). The molecule has 0 aliphatic carbocycles. The van der Waals surface area contributed by atoms with Crippen molar-refractivity contribution in [1.82, 2.24) is 0 Å². The third-order valence-electron chi connectivity index (χ3n) is 2.72. The van der Waals surface area contributed by atoms with Crippen molar-refractivity contribution in [3.63, 3.8) is 0 Å². The first kappa shape index (κ1) is 18.8. The molecular weight excluding hydrogens is 394 g/mol. The van der Waals surface area contributed by atoms with Gasteiger partial charge in [0.1, 0.15) is 4.90 Å². The van der Waals surface area contributed by atoms with E-state index in [0.29, 0.717) is 0 Å². The molecule has 0 saturated heterocycles. The monoisotopic (exact) mass is 396 g/mol. The van der Waals surface area contributed by atoms with Gasteiger partial charge >= 0.3 is 10.1 Å². The highest BCUT2D eigenvalue weighted by Crippen LogP contribution is 2.39. The molecule has 0 unspecified atom stereocenters. The average Bonchev–Trinajstić information content (AvgIpc) is 2.47. The molecule has 0 atom stereocenters. The first-order chi connectivity index (χ1) is 11.0. The molecule has 0 spiro atoms. The number of halogens is 6. The lowest BCUT2D eigenvalue weighted by Gasteiger charge is -2.12. The Balaban J connectivity index is 3.07. The molecule has 2 N–H and O–H groups in total. The Morgan fingerprint density at radius 3 is 1.79 bits per heavy atom. The number of rotatable bonds is 4. The number of fused-ring (bicyclic) bond motifs is 1. The molecule has 14 heteroatoms. The van der Waals surface area contributed by atoms with Crippen LogP contribution in [0.15, 0.2) is 9.79 Å². The third-order valence-corrected chi connectivity index (χ3v) is 4.24. The summed E-state index contributed by atoms with van der Waals surface area (Å²) < 4.78 is 117. The van der Waals surface area contributed by atoms with Crippen molar-refractivity contribution in [3.05, 3.63) is 34.9 Å². The predicted octanol–water partition coefficient (Wildman–Crippen LogP) is 3.35. The Morgan fingerprint density at radius 1 is 0.792 bits per heavy atom. The quantitative estimate of drug-likeness (QED) is 0.204. The molecule has 2 aromatic carbocycles. The molecule has 132 valence electrons. The maximum atomic E-state index is 14.1. The molecule has 0 fully saturated rings. The van der Waals surface area contributed by atoms with E-state index >= 15 is 0 Å². The minimum Gasteiger partial charge on any atom is -0.282 e. The number of hydrogen-bond acceptors (Lipinski definition) is 6. The van der Waals surface area contributed by atoms with Crippen LogP contribution in [0.5, 0.6) is 0 Å². The normalized spacial score (nSPS) is 12.2. The van der Waals surface area contributed by atoms with Gasteiger partial charge < -0.3 is 0 Å². The first-order valence-electron chi connectivity index (χ1n) is 5.32. The van der Waals surface area contributed by atoms with E-state index in [1.165, 1.54) is 0 Å². The van der Waals surface area contributed by atoms with E-state index in [2.05, 4.69) is 9.37 Å². The smallest absolute Gasteiger partial charge is 0.282 e. The van der Waals surface area contributed by atoms with Gasteiger partial charge in [0.25, 0.3) is 0 Å². The summed E-state index contributed by atoms with van der Waals surface area (Å²) in [5.41, 5.74) is 0. The van der Waals surface area contributed by atoms with Gasteiger partial charge in [-0.1, -0.05) is 5.04 Å². The second kappa shape index (κ2) is 6.38. The molecule has 24 heavy (non-hydrogen) atoms. The second-order valence-electron chi connectivity index (χ2n) is 3.99. The Hall–Kier alpha value is -1.58. The predicted molar refractivity (Wildman–Crippen MR) is 64.2 cm³/mol. The van der Waals surface area contributed by atoms with E-state index in [0.717, 1.165) is 0 Å². The lowest BCUT2D eigenvalue weighted by atomic mass is 10.1. The van der Waals surface area contributed by atoms with Gasteiger partial charge in [0.2, 0.25) is 0 Å². The fraction of sp³-hybridized carbons (Fsp3) is 0. The van der Waals surface area contributed by atoms with Gasteiger partial charge in [0.05, 0.1) is 22.8 Å². The highest BCUT2D eigenvalue weighted by atomic mass is 32.2. The molecule has 0 bridgehead atoms. The molecule has 6 nitrogen and oxygen atoms in total. The van der Waals surface area contributed by atoms with Crippen LogP contribution in [0, 0.1) is 34.9 Å². The molecule has 0 saturated carbocycles. The van der Waals surface area contributed by atoms with Crippen molar-refractivity contribution in [3.8, 4) is 0 Å². The summed E-state index contributed by atoms with van der Waals surface area (Å²) >= 11 is -0.509. The molecule has 0 aromatic heterocycles. The first-order valence-corrected chi connectivity index (χ1v) is 7.51. The van der Waals surface area contributed by atoms with Crippen molar-refractivity contribution in [1.29, 1.82) is 0 Å². The number of benzene rings is 2. The lowest BCUT2D eigenvalue weighted by molar-refractivity contribution is -0.432. The Morgan fingerprint density at radius 2 is 1.29 bits per heavy atom. The summed E-state index contributed by atoms with van der Waals surface area (Å²) in [4.78, 5) is -3.81. The van der Waals surface area contributed by atoms with Crippen LogP contribution in [-0.4, -0.2) is 18.2 Å². The minimum absolute atomic E-state index is 0.509. The van der Waals surface area contributed by atoms with E-state index in [4.69, 9.17) is 9.81 Å². The summed E-state index contributed by atoms with van der Waals surface area (Å²) in [7, 11) is -5.73. The van der Waals surface area contributed by atoms with Crippen molar-refractivity contribution in [2.75, 3.05) is 0 Å². The van der Waals surface area contributed by atoms with Crippen molar-refractivity contribution in [2.24, 2.45) is 0 Å². The summed E-state index contributed by atoms with van der Waals surface area (Å²) in [5, 5.41) is 7.20. The van der Waals surface area contributed by atoms with Gasteiger partial charge in [-0.2, -0.15) is 8.42 Å². The van der Waals surface area contributed by atoms with Crippen LogP contribution in [0.4, 0.5) is 26.3 Å². The van der Waals surface area contributed by atoms with Gasteiger partial charge in [-0.05, 0) is 0 Å². The number of hydrogen-bond donors (Lipinski definition) is 2. The Bertz CT molecular complexity index is 947. The van der Waals surface area contributed by atoms with E-state index in [1.54, 1.807) is 0 Å². The molecule has 0 aliphatic heterocycles. The van der Waals surface area contributed by atoms with Crippen LogP contribution in [0.3, 0.4) is 0 Å². The Labute approximate surface area is 132 Å². The summed E-state index contributed by atoms with van der Waals surface area (Å²) in [6, 6.07) is 0. The van der Waals surface area contributed by atoms with Crippen molar-refractivity contribution < 1.29 is 53.9 Å². The SMILES string of the molecule is O=S(=O)(O)c1c(F)c(F)c2c(F)c(SOOO)c(F)c(F)c2c1F. The summed E-state index contributed by atoms with van der Waals surface area (Å²) in [5.74, 6) is -14.0. The highest BCUT2D eigenvalue weighted by molar-refractivity contribution is 7.94. The van der Waals surface area contributed by atoms with Crippen LogP contribution < -0.4 is 0 Å². The van der Waals surface area contributed by atoms with Gasteiger partial charge in [-0.3, -0.25) is 4.55 Å². The molecular formula is C10H2F6O6S2. The van der Waals surface area contributed by atoms with Gasteiger partial charge in [0.15, 0.2) is 39.8 Å². The minimum atomic E-state index is -5.73. The lowest BCUT2D eigenvalue weighted by Crippen LogP contribution is -2.11. The molecule has 0 aliphatic rings. The van der Waals surface area contributed by atoms with Crippen LogP contribution in [0.1, 0.15) is 0 Å². The largest absolute Gasteiger partial charge is 0.300 e. The van der Waals surface area contributed by atoms with Gasteiger partial charge in [-0.15, -0.1) is 4.33 Å². The summed E-state index contributed by atoms with van der Waals surface area (Å²) in [6.07, 6.45) is 0. The second-order valence-corrected chi connectivity index (χ2v) is 6.06. The van der Waals surface area contributed by atoms with Crippen molar-refractivity contribution >= 4 is 32.9 Å². The van der Waals surface area contributed by atoms with Gasteiger partial charge in [-0.25, -0.2) is 31.6 Å². The van der Waals surface area contributed by atoms with Crippen LogP contribution >= 0.6 is 12.0 Å². The highest BCUT2D eigenvalue weighted by Gasteiger charge is 2.34. The topological polar surface area (TPSA) is 93.1 Å². The molecule has 2 aromatic rings.